The number of hydrogen-bond acceptors (Lipinski definition) is 3. The second kappa shape index (κ2) is 7.04. The van der Waals surface area contributed by atoms with Crippen molar-refractivity contribution >= 4 is 0 Å². The van der Waals surface area contributed by atoms with E-state index in [1.54, 1.807) is 7.11 Å². The maximum Gasteiger partial charge on any atom is 0.0922 e. The smallest absolute Gasteiger partial charge is 0.0922 e. The Morgan fingerprint density at radius 1 is 1.21 bits per heavy atom. The molecule has 0 heterocycles. The summed E-state index contributed by atoms with van der Waals surface area (Å²) in [5, 5.41) is 10.5. The Kier molecular flexibility index (Phi) is 5.98. The Morgan fingerprint density at radius 2 is 1.74 bits per heavy atom. The monoisotopic (exact) mass is 265 g/mol. The van der Waals surface area contributed by atoms with Crippen LogP contribution in [0.3, 0.4) is 0 Å². The fourth-order valence-electron chi connectivity index (χ4n) is 2.63. The van der Waals surface area contributed by atoms with E-state index >= 15 is 0 Å². The second-order valence-corrected chi connectivity index (χ2v) is 5.57. The summed E-state index contributed by atoms with van der Waals surface area (Å²) in [6, 6.07) is 4.56. The van der Waals surface area contributed by atoms with Crippen LogP contribution in [0.4, 0.5) is 0 Å². The van der Waals surface area contributed by atoms with Crippen LogP contribution in [-0.2, 0) is 4.74 Å². The molecule has 2 unspecified atom stereocenters. The van der Waals surface area contributed by atoms with Gasteiger partial charge < -0.3 is 9.84 Å². The summed E-state index contributed by atoms with van der Waals surface area (Å²) in [5.74, 6) is 0. The number of ether oxygens (including phenoxy) is 1. The summed E-state index contributed by atoms with van der Waals surface area (Å²) in [6.07, 6.45) is -0.454. The van der Waals surface area contributed by atoms with Gasteiger partial charge in [0.25, 0.3) is 0 Å². The topological polar surface area (TPSA) is 32.7 Å². The minimum atomic E-state index is -0.454. The highest BCUT2D eigenvalue weighted by atomic mass is 16.5. The van der Waals surface area contributed by atoms with Gasteiger partial charge in [0.15, 0.2) is 0 Å². The molecule has 0 bridgehead atoms. The largest absolute Gasteiger partial charge is 0.387 e. The molecule has 0 aliphatic rings. The number of likely N-dealkylation sites (N-methyl/N-ethyl adjacent to an activating group) is 1. The lowest BCUT2D eigenvalue weighted by molar-refractivity contribution is 0.0704. The van der Waals surface area contributed by atoms with Crippen molar-refractivity contribution in [1.29, 1.82) is 0 Å². The van der Waals surface area contributed by atoms with Crippen LogP contribution in [0.15, 0.2) is 12.1 Å². The van der Waals surface area contributed by atoms with Crippen LogP contribution in [0.1, 0.15) is 35.3 Å². The molecule has 3 heteroatoms. The van der Waals surface area contributed by atoms with E-state index in [1.165, 1.54) is 5.56 Å². The van der Waals surface area contributed by atoms with Crippen molar-refractivity contribution in [1.82, 2.24) is 4.90 Å². The molecule has 0 aromatic heterocycles. The minimum absolute atomic E-state index is 0.297. The molecular formula is C16H27NO2. The third kappa shape index (κ3) is 4.30. The van der Waals surface area contributed by atoms with Gasteiger partial charge in [-0.1, -0.05) is 17.7 Å². The summed E-state index contributed by atoms with van der Waals surface area (Å²) in [5.41, 5.74) is 4.63. The SMILES string of the molecule is COCC(C)N(C)CC(O)c1c(C)cc(C)cc1C. The van der Waals surface area contributed by atoms with E-state index in [-0.39, 0.29) is 0 Å². The van der Waals surface area contributed by atoms with Gasteiger partial charge in [-0.3, -0.25) is 4.90 Å². The van der Waals surface area contributed by atoms with Crippen LogP contribution in [0.5, 0.6) is 0 Å². The maximum atomic E-state index is 10.5. The Bertz CT molecular complexity index is 394. The van der Waals surface area contributed by atoms with Crippen LogP contribution in [-0.4, -0.2) is 43.4 Å². The molecule has 0 aliphatic carbocycles. The molecule has 0 saturated carbocycles. The van der Waals surface area contributed by atoms with Crippen LogP contribution in [0.2, 0.25) is 0 Å². The maximum absolute atomic E-state index is 10.5. The highest BCUT2D eigenvalue weighted by Crippen LogP contribution is 2.24. The third-order valence-corrected chi connectivity index (χ3v) is 3.69. The van der Waals surface area contributed by atoms with E-state index < -0.39 is 6.10 Å². The summed E-state index contributed by atoms with van der Waals surface area (Å²) >= 11 is 0. The molecule has 19 heavy (non-hydrogen) atoms. The van der Waals surface area contributed by atoms with Gasteiger partial charge in [-0.2, -0.15) is 0 Å². The van der Waals surface area contributed by atoms with Crippen molar-refractivity contribution in [2.75, 3.05) is 27.3 Å². The predicted octanol–water partition coefficient (Wildman–Crippen LogP) is 2.61. The molecule has 0 aliphatic heterocycles. The molecule has 1 aromatic carbocycles. The van der Waals surface area contributed by atoms with Crippen LogP contribution in [0, 0.1) is 20.8 Å². The number of aryl methyl sites for hydroxylation is 3. The molecule has 1 N–H and O–H groups in total. The quantitative estimate of drug-likeness (QED) is 0.858. The van der Waals surface area contributed by atoms with Gasteiger partial charge in [0.1, 0.15) is 0 Å². The Labute approximate surface area is 117 Å². The van der Waals surface area contributed by atoms with Crippen molar-refractivity contribution in [3.63, 3.8) is 0 Å². The molecule has 0 saturated heterocycles. The van der Waals surface area contributed by atoms with Gasteiger partial charge in [-0.25, -0.2) is 0 Å². The highest BCUT2D eigenvalue weighted by molar-refractivity contribution is 5.39. The van der Waals surface area contributed by atoms with Gasteiger partial charge in [-0.15, -0.1) is 0 Å². The van der Waals surface area contributed by atoms with Crippen molar-refractivity contribution < 1.29 is 9.84 Å². The van der Waals surface area contributed by atoms with Crippen molar-refractivity contribution in [3.05, 3.63) is 34.4 Å². The van der Waals surface area contributed by atoms with Gasteiger partial charge in [0.05, 0.1) is 12.7 Å². The predicted molar refractivity (Wildman–Crippen MR) is 79.6 cm³/mol. The molecule has 108 valence electrons. The zero-order chi connectivity index (χ0) is 14.6. The Balaban J connectivity index is 2.81. The molecule has 0 radical (unpaired) electrons. The zero-order valence-electron chi connectivity index (χ0n) is 13.0. The summed E-state index contributed by atoms with van der Waals surface area (Å²) in [4.78, 5) is 2.13. The van der Waals surface area contributed by atoms with Gasteiger partial charge in [-0.05, 0) is 51.4 Å². The third-order valence-electron chi connectivity index (χ3n) is 3.69. The first-order valence-corrected chi connectivity index (χ1v) is 6.81. The van der Waals surface area contributed by atoms with Gasteiger partial charge in [0.2, 0.25) is 0 Å². The Morgan fingerprint density at radius 3 is 2.21 bits per heavy atom. The molecule has 1 rings (SSSR count). The van der Waals surface area contributed by atoms with Crippen LogP contribution < -0.4 is 0 Å². The number of hydrogen-bond donors (Lipinski definition) is 1. The normalized spacial score (nSPS) is 14.7. The van der Waals surface area contributed by atoms with E-state index in [0.29, 0.717) is 19.2 Å². The van der Waals surface area contributed by atoms with Gasteiger partial charge in [0, 0.05) is 19.7 Å². The molecular weight excluding hydrogens is 238 g/mol. The van der Waals surface area contributed by atoms with E-state index in [1.807, 2.05) is 7.05 Å². The van der Waals surface area contributed by atoms with Gasteiger partial charge >= 0.3 is 0 Å². The average Bonchev–Trinajstić information content (AvgIpc) is 2.27. The first-order valence-electron chi connectivity index (χ1n) is 6.81. The minimum Gasteiger partial charge on any atom is -0.387 e. The van der Waals surface area contributed by atoms with Crippen molar-refractivity contribution in [2.24, 2.45) is 0 Å². The number of aliphatic hydroxyl groups is 1. The number of nitrogens with zero attached hydrogens (tertiary/aromatic N) is 1. The lowest BCUT2D eigenvalue weighted by Gasteiger charge is -2.28. The van der Waals surface area contributed by atoms with Crippen molar-refractivity contribution in [2.45, 2.75) is 39.8 Å². The molecule has 0 fully saturated rings. The first-order chi connectivity index (χ1) is 8.86. The van der Waals surface area contributed by atoms with E-state index in [9.17, 15) is 5.11 Å². The summed E-state index contributed by atoms with van der Waals surface area (Å²) < 4.78 is 5.15. The van der Waals surface area contributed by atoms with Crippen LogP contribution in [0.25, 0.3) is 0 Å². The summed E-state index contributed by atoms with van der Waals surface area (Å²) in [7, 11) is 3.72. The van der Waals surface area contributed by atoms with E-state index in [4.69, 9.17) is 4.74 Å². The lowest BCUT2D eigenvalue weighted by atomic mass is 9.95. The first kappa shape index (κ1) is 16.2. The highest BCUT2D eigenvalue weighted by Gasteiger charge is 2.18. The number of methoxy groups -OCH3 is 1. The second-order valence-electron chi connectivity index (χ2n) is 5.57. The fraction of sp³-hybridized carbons (Fsp3) is 0.625. The average molecular weight is 265 g/mol. The number of rotatable bonds is 6. The fourth-order valence-corrected chi connectivity index (χ4v) is 2.63. The number of benzene rings is 1. The van der Waals surface area contributed by atoms with E-state index in [2.05, 4.69) is 44.7 Å². The lowest BCUT2D eigenvalue weighted by Crippen LogP contribution is -2.36. The zero-order valence-corrected chi connectivity index (χ0v) is 13.0. The Hall–Kier alpha value is -0.900. The van der Waals surface area contributed by atoms with Crippen molar-refractivity contribution in [3.8, 4) is 0 Å². The molecule has 2 atom stereocenters. The molecule has 3 nitrogen and oxygen atoms in total. The molecule has 0 amide bonds. The van der Waals surface area contributed by atoms with Crippen LogP contribution >= 0.6 is 0 Å². The molecule has 1 aromatic rings. The van der Waals surface area contributed by atoms with E-state index in [0.717, 1.165) is 16.7 Å². The standard InChI is InChI=1S/C16H27NO2/c1-11-7-12(2)16(13(3)8-11)15(18)9-17(5)14(4)10-19-6/h7-8,14-15,18H,9-10H2,1-6H3. The number of aliphatic hydroxyl groups excluding tert-OH is 1. The summed E-state index contributed by atoms with van der Waals surface area (Å²) in [6.45, 7) is 9.62. The molecule has 0 spiro atoms.